The molecule has 0 spiro atoms. The first-order valence-electron chi connectivity index (χ1n) is 5.05. The van der Waals surface area contributed by atoms with Crippen LogP contribution in [-0.2, 0) is 4.79 Å². The van der Waals surface area contributed by atoms with Crippen molar-refractivity contribution in [2.24, 2.45) is 0 Å². The molecule has 0 unspecified atom stereocenters. The summed E-state index contributed by atoms with van der Waals surface area (Å²) in [6.45, 7) is 6.06. The van der Waals surface area contributed by atoms with Crippen LogP contribution in [0, 0.1) is 20.8 Å². The summed E-state index contributed by atoms with van der Waals surface area (Å²) in [6, 6.07) is 0. The van der Waals surface area contributed by atoms with Gasteiger partial charge in [-0.1, -0.05) is 11.6 Å². The molecule has 0 aromatic heterocycles. The molecule has 0 radical (unpaired) electrons. The second kappa shape index (κ2) is 5.21. The van der Waals surface area contributed by atoms with Crippen molar-refractivity contribution < 1.29 is 9.53 Å². The van der Waals surface area contributed by atoms with E-state index >= 15 is 0 Å². The van der Waals surface area contributed by atoms with Crippen molar-refractivity contribution in [2.75, 3.05) is 19.0 Å². The van der Waals surface area contributed by atoms with Crippen LogP contribution in [0.2, 0.25) is 5.02 Å². The predicted molar refractivity (Wildman–Crippen MR) is 66.8 cm³/mol. The highest BCUT2D eigenvalue weighted by atomic mass is 35.5. The summed E-state index contributed by atoms with van der Waals surface area (Å²) < 4.78 is 5.35. The minimum absolute atomic E-state index is 0.246. The van der Waals surface area contributed by atoms with Crippen LogP contribution in [0.1, 0.15) is 16.7 Å². The van der Waals surface area contributed by atoms with Gasteiger partial charge in [0.1, 0.15) is 12.0 Å². The molecule has 0 heterocycles. The summed E-state index contributed by atoms with van der Waals surface area (Å²) in [5.41, 5.74) is 3.70. The number of methoxy groups -OCH3 is 1. The Labute approximate surface area is 101 Å². The minimum atomic E-state index is 0.246. The van der Waals surface area contributed by atoms with E-state index in [9.17, 15) is 4.79 Å². The van der Waals surface area contributed by atoms with Gasteiger partial charge in [-0.3, -0.25) is 0 Å². The molecule has 0 saturated heterocycles. The number of hydrogen-bond acceptors (Lipinski definition) is 3. The van der Waals surface area contributed by atoms with E-state index in [0.29, 0.717) is 5.02 Å². The first-order valence-corrected chi connectivity index (χ1v) is 5.43. The topological polar surface area (TPSA) is 38.3 Å². The van der Waals surface area contributed by atoms with Gasteiger partial charge in [0.05, 0.1) is 19.3 Å². The molecule has 0 fully saturated rings. The zero-order chi connectivity index (χ0) is 12.3. The Morgan fingerprint density at radius 1 is 1.25 bits per heavy atom. The Kier molecular flexibility index (Phi) is 4.19. The smallest absolute Gasteiger partial charge is 0.145 e. The fourth-order valence-corrected chi connectivity index (χ4v) is 1.93. The summed E-state index contributed by atoms with van der Waals surface area (Å²) in [7, 11) is 1.61. The lowest BCUT2D eigenvalue weighted by Gasteiger charge is -2.18. The minimum Gasteiger partial charge on any atom is -0.494 e. The van der Waals surface area contributed by atoms with E-state index in [-0.39, 0.29) is 6.54 Å². The average Bonchev–Trinajstić information content (AvgIpc) is 2.29. The van der Waals surface area contributed by atoms with Gasteiger partial charge in [-0.15, -0.1) is 0 Å². The molecule has 0 aliphatic heterocycles. The van der Waals surface area contributed by atoms with Gasteiger partial charge in [0.25, 0.3) is 0 Å². The quantitative estimate of drug-likeness (QED) is 0.824. The zero-order valence-electron chi connectivity index (χ0n) is 9.98. The van der Waals surface area contributed by atoms with Crippen LogP contribution in [-0.4, -0.2) is 19.9 Å². The van der Waals surface area contributed by atoms with E-state index in [2.05, 4.69) is 5.32 Å². The largest absolute Gasteiger partial charge is 0.494 e. The van der Waals surface area contributed by atoms with Gasteiger partial charge in [0.2, 0.25) is 0 Å². The third-order valence-electron chi connectivity index (χ3n) is 2.73. The number of benzene rings is 1. The molecule has 4 heteroatoms. The SMILES string of the molecule is COc1c(C)c(C)c(Cl)c(C)c1NCC=O. The van der Waals surface area contributed by atoms with Gasteiger partial charge in [-0.2, -0.15) is 0 Å². The number of aldehydes is 1. The second-order valence-corrected chi connectivity index (χ2v) is 4.02. The molecule has 0 atom stereocenters. The van der Waals surface area contributed by atoms with Crippen molar-refractivity contribution in [3.8, 4) is 5.75 Å². The van der Waals surface area contributed by atoms with Crippen LogP contribution in [0.5, 0.6) is 5.75 Å². The van der Waals surface area contributed by atoms with Crippen molar-refractivity contribution in [2.45, 2.75) is 20.8 Å². The Balaban J connectivity index is 3.38. The summed E-state index contributed by atoms with van der Waals surface area (Å²) >= 11 is 6.21. The highest BCUT2D eigenvalue weighted by Gasteiger charge is 2.16. The van der Waals surface area contributed by atoms with Gasteiger partial charge in [0.15, 0.2) is 0 Å². The summed E-state index contributed by atoms with van der Waals surface area (Å²) in [6.07, 6.45) is 0.808. The van der Waals surface area contributed by atoms with Crippen LogP contribution >= 0.6 is 11.6 Å². The Bertz CT molecular complexity index is 416. The van der Waals surface area contributed by atoms with Crippen molar-refractivity contribution in [3.63, 3.8) is 0 Å². The third kappa shape index (κ3) is 2.14. The van der Waals surface area contributed by atoms with E-state index in [1.54, 1.807) is 7.11 Å². The summed E-state index contributed by atoms with van der Waals surface area (Å²) in [5, 5.41) is 3.73. The number of halogens is 1. The summed E-state index contributed by atoms with van der Waals surface area (Å²) in [5.74, 6) is 0.751. The highest BCUT2D eigenvalue weighted by molar-refractivity contribution is 6.32. The van der Waals surface area contributed by atoms with Crippen LogP contribution in [0.25, 0.3) is 0 Å². The van der Waals surface area contributed by atoms with Gasteiger partial charge in [-0.05, 0) is 37.5 Å². The number of carbonyl (C=O) groups excluding carboxylic acids is 1. The standard InChI is InChI=1S/C12H16ClNO2/c1-7-8(2)12(16-4)11(14-5-6-15)9(3)10(7)13/h6,14H,5H2,1-4H3. The molecule has 1 aromatic rings. The lowest BCUT2D eigenvalue weighted by Crippen LogP contribution is -2.08. The maximum absolute atomic E-state index is 10.4. The van der Waals surface area contributed by atoms with Gasteiger partial charge >= 0.3 is 0 Å². The van der Waals surface area contributed by atoms with E-state index in [0.717, 1.165) is 34.4 Å². The van der Waals surface area contributed by atoms with Crippen LogP contribution < -0.4 is 10.1 Å². The fraction of sp³-hybridized carbons (Fsp3) is 0.417. The molecule has 1 rings (SSSR count). The third-order valence-corrected chi connectivity index (χ3v) is 3.30. The number of carbonyl (C=O) groups is 1. The van der Waals surface area contributed by atoms with E-state index in [1.807, 2.05) is 20.8 Å². The van der Waals surface area contributed by atoms with Crippen LogP contribution in [0.4, 0.5) is 5.69 Å². The molecule has 88 valence electrons. The molecule has 0 saturated carbocycles. The van der Waals surface area contributed by atoms with Crippen LogP contribution in [0.3, 0.4) is 0 Å². The fourth-order valence-electron chi connectivity index (χ4n) is 1.70. The maximum atomic E-state index is 10.4. The summed E-state index contributed by atoms with van der Waals surface area (Å²) in [4.78, 5) is 10.4. The van der Waals surface area contributed by atoms with E-state index in [1.165, 1.54) is 0 Å². The van der Waals surface area contributed by atoms with Gasteiger partial charge < -0.3 is 14.8 Å². The molecule has 1 aromatic carbocycles. The number of ether oxygens (including phenoxy) is 1. The van der Waals surface area contributed by atoms with Crippen molar-refractivity contribution in [1.82, 2.24) is 0 Å². The lowest BCUT2D eigenvalue weighted by molar-refractivity contribution is -0.106. The highest BCUT2D eigenvalue weighted by Crippen LogP contribution is 2.39. The van der Waals surface area contributed by atoms with Crippen LogP contribution in [0.15, 0.2) is 0 Å². The van der Waals surface area contributed by atoms with E-state index in [4.69, 9.17) is 16.3 Å². The Morgan fingerprint density at radius 2 is 1.88 bits per heavy atom. The molecule has 0 bridgehead atoms. The molecule has 0 aliphatic rings. The number of hydrogen-bond donors (Lipinski definition) is 1. The molecule has 0 amide bonds. The van der Waals surface area contributed by atoms with Gasteiger partial charge in [-0.25, -0.2) is 0 Å². The molecule has 16 heavy (non-hydrogen) atoms. The number of anilines is 1. The normalized spacial score (nSPS) is 10.1. The Morgan fingerprint density at radius 3 is 2.38 bits per heavy atom. The monoisotopic (exact) mass is 241 g/mol. The maximum Gasteiger partial charge on any atom is 0.145 e. The van der Waals surface area contributed by atoms with Crippen molar-refractivity contribution in [1.29, 1.82) is 0 Å². The predicted octanol–water partition coefficient (Wildman–Crippen LogP) is 2.88. The van der Waals surface area contributed by atoms with Gasteiger partial charge in [0, 0.05) is 5.02 Å². The van der Waals surface area contributed by atoms with Crippen molar-refractivity contribution in [3.05, 3.63) is 21.7 Å². The first-order chi connectivity index (χ1) is 7.54. The zero-order valence-corrected chi connectivity index (χ0v) is 10.7. The molecule has 3 nitrogen and oxygen atoms in total. The van der Waals surface area contributed by atoms with Crippen molar-refractivity contribution >= 4 is 23.6 Å². The molecule has 0 aliphatic carbocycles. The first kappa shape index (κ1) is 12.8. The van der Waals surface area contributed by atoms with E-state index < -0.39 is 0 Å². The number of rotatable bonds is 4. The number of nitrogens with one attached hydrogen (secondary N) is 1. The molecular formula is C12H16ClNO2. The molecule has 1 N–H and O–H groups in total. The molecular weight excluding hydrogens is 226 g/mol. The second-order valence-electron chi connectivity index (χ2n) is 3.64. The Hall–Kier alpha value is -1.22. The average molecular weight is 242 g/mol. The lowest BCUT2D eigenvalue weighted by atomic mass is 10.0.